The number of anilines is 2. The van der Waals surface area contributed by atoms with Gasteiger partial charge in [-0.3, -0.25) is 14.4 Å². The first kappa shape index (κ1) is 33.2. The van der Waals surface area contributed by atoms with E-state index >= 15 is 0 Å². The quantitative estimate of drug-likeness (QED) is 0.113. The maximum Gasteiger partial charge on any atom is 0.418 e. The molecule has 4 rings (SSSR count). The number of hydrogen-bond donors (Lipinski definition) is 3. The topological polar surface area (TPSA) is 96.5 Å². The molecule has 232 valence electrons. The van der Waals surface area contributed by atoms with Gasteiger partial charge < -0.3 is 20.7 Å². The van der Waals surface area contributed by atoms with E-state index in [0.29, 0.717) is 34.1 Å². The number of thioether (sulfide) groups is 1. The Kier molecular flexibility index (Phi) is 11.3. The highest BCUT2D eigenvalue weighted by Gasteiger charge is 2.34. The van der Waals surface area contributed by atoms with Crippen LogP contribution in [-0.2, 0) is 15.8 Å². The maximum absolute atomic E-state index is 13.5. The van der Waals surface area contributed by atoms with Crippen LogP contribution in [0, 0.1) is 0 Å². The Balaban J connectivity index is 1.49. The Morgan fingerprint density at radius 3 is 2.36 bits per heavy atom. The summed E-state index contributed by atoms with van der Waals surface area (Å²) >= 11 is 6.77. The molecule has 45 heavy (non-hydrogen) atoms. The molecule has 12 heteroatoms. The third kappa shape index (κ3) is 9.62. The average molecular weight is 654 g/mol. The minimum absolute atomic E-state index is 0.0446. The molecule has 0 heterocycles. The molecule has 0 saturated carbocycles. The van der Waals surface area contributed by atoms with Gasteiger partial charge in [-0.25, -0.2) is 0 Å². The first-order valence-corrected chi connectivity index (χ1v) is 14.9. The molecule has 0 aliphatic carbocycles. The molecule has 0 bridgehead atoms. The average Bonchev–Trinajstić information content (AvgIpc) is 3.01. The fourth-order valence-corrected chi connectivity index (χ4v) is 4.97. The number of carbonyl (C=O) groups excluding carboxylic acids is 3. The van der Waals surface area contributed by atoms with E-state index in [1.54, 1.807) is 78.9 Å². The maximum atomic E-state index is 13.5. The number of halogens is 4. The Hall–Kier alpha value is -4.74. The van der Waals surface area contributed by atoms with E-state index in [0.717, 1.165) is 23.9 Å². The molecule has 3 amide bonds. The van der Waals surface area contributed by atoms with Crippen LogP contribution >= 0.6 is 23.4 Å². The van der Waals surface area contributed by atoms with Gasteiger partial charge in [-0.1, -0.05) is 54.1 Å². The lowest BCUT2D eigenvalue weighted by Gasteiger charge is -2.14. The molecule has 7 nitrogen and oxygen atoms in total. The van der Waals surface area contributed by atoms with Gasteiger partial charge in [0.1, 0.15) is 11.4 Å². The van der Waals surface area contributed by atoms with Crippen LogP contribution in [0.15, 0.2) is 108 Å². The first-order chi connectivity index (χ1) is 21.5. The van der Waals surface area contributed by atoms with Gasteiger partial charge in [-0.2, -0.15) is 13.2 Å². The van der Waals surface area contributed by atoms with E-state index in [1.807, 2.05) is 6.92 Å². The van der Waals surface area contributed by atoms with Gasteiger partial charge in [0.2, 0.25) is 5.91 Å². The van der Waals surface area contributed by atoms with Crippen LogP contribution < -0.4 is 20.7 Å². The fourth-order valence-electron chi connectivity index (χ4n) is 4.04. The molecule has 0 radical (unpaired) electrons. The van der Waals surface area contributed by atoms with Crippen molar-refractivity contribution >= 4 is 58.5 Å². The zero-order valence-corrected chi connectivity index (χ0v) is 25.4. The van der Waals surface area contributed by atoms with Crippen molar-refractivity contribution in [2.75, 3.05) is 23.0 Å². The third-order valence-corrected chi connectivity index (χ3v) is 7.30. The zero-order valence-electron chi connectivity index (χ0n) is 23.8. The highest BCUT2D eigenvalue weighted by molar-refractivity contribution is 8.00. The lowest BCUT2D eigenvalue weighted by Crippen LogP contribution is -2.30. The summed E-state index contributed by atoms with van der Waals surface area (Å²) in [6.07, 6.45) is -3.19. The minimum atomic E-state index is -4.70. The summed E-state index contributed by atoms with van der Waals surface area (Å²) in [6, 6.07) is 25.1. The number of carbonyl (C=O) groups is 3. The smallest absolute Gasteiger partial charge is 0.418 e. The van der Waals surface area contributed by atoms with Gasteiger partial charge in [-0.15, -0.1) is 11.8 Å². The van der Waals surface area contributed by atoms with Crippen molar-refractivity contribution in [1.82, 2.24) is 5.32 Å². The van der Waals surface area contributed by atoms with Crippen LogP contribution in [0.2, 0.25) is 5.02 Å². The fraction of sp³-hybridized carbons (Fsp3) is 0.121. The molecular weight excluding hydrogens is 627 g/mol. The standard InChI is InChI=1S/C33H27ClF3N3O4S/c1-2-44-29-14-7-6-11-22(29)17-28(40-31(42)21-9-4-3-5-10-21)32(43)38-24-12-8-13-25(19-24)45-20-30(41)39-27-16-15-23(34)18-26(27)33(35,36)37/h3-19H,2,20H2,1H3,(H,38,43)(H,39,41)(H,40,42)/b28-17+. The monoisotopic (exact) mass is 653 g/mol. The molecule has 0 unspecified atom stereocenters. The summed E-state index contributed by atoms with van der Waals surface area (Å²) in [6.45, 7) is 2.23. The van der Waals surface area contributed by atoms with Crippen molar-refractivity contribution in [3.63, 3.8) is 0 Å². The van der Waals surface area contributed by atoms with Crippen LogP contribution in [0.3, 0.4) is 0 Å². The number of hydrogen-bond acceptors (Lipinski definition) is 5. The summed E-state index contributed by atoms with van der Waals surface area (Å²) < 4.78 is 45.8. The molecule has 0 aliphatic rings. The van der Waals surface area contributed by atoms with Crippen LogP contribution in [-0.4, -0.2) is 30.1 Å². The number of para-hydroxylation sites is 1. The molecule has 0 spiro atoms. The van der Waals surface area contributed by atoms with Crippen LogP contribution in [0.1, 0.15) is 28.4 Å². The molecule has 0 fully saturated rings. The number of nitrogens with one attached hydrogen (secondary N) is 3. The summed E-state index contributed by atoms with van der Waals surface area (Å²) in [5, 5.41) is 7.60. The summed E-state index contributed by atoms with van der Waals surface area (Å²) in [7, 11) is 0. The van der Waals surface area contributed by atoms with Crippen molar-refractivity contribution in [2.24, 2.45) is 0 Å². The minimum Gasteiger partial charge on any atom is -0.493 e. The normalized spacial score (nSPS) is 11.4. The highest BCUT2D eigenvalue weighted by atomic mass is 35.5. The zero-order chi connectivity index (χ0) is 32.4. The molecule has 4 aromatic carbocycles. The first-order valence-electron chi connectivity index (χ1n) is 13.5. The summed E-state index contributed by atoms with van der Waals surface area (Å²) in [4.78, 5) is 39.5. The van der Waals surface area contributed by atoms with Crippen molar-refractivity contribution in [3.05, 3.63) is 124 Å². The van der Waals surface area contributed by atoms with Crippen LogP contribution in [0.4, 0.5) is 24.5 Å². The van der Waals surface area contributed by atoms with Crippen molar-refractivity contribution in [2.45, 2.75) is 18.0 Å². The van der Waals surface area contributed by atoms with Crippen LogP contribution in [0.5, 0.6) is 5.75 Å². The third-order valence-electron chi connectivity index (χ3n) is 6.07. The molecule has 4 aromatic rings. The second-order valence-electron chi connectivity index (χ2n) is 9.36. The second kappa shape index (κ2) is 15.3. The molecule has 0 aromatic heterocycles. The van der Waals surface area contributed by atoms with Gasteiger partial charge in [0, 0.05) is 26.7 Å². The van der Waals surface area contributed by atoms with Crippen molar-refractivity contribution in [1.29, 1.82) is 0 Å². The van der Waals surface area contributed by atoms with E-state index in [2.05, 4.69) is 16.0 Å². The second-order valence-corrected chi connectivity index (χ2v) is 10.8. The van der Waals surface area contributed by atoms with Gasteiger partial charge >= 0.3 is 6.18 Å². The number of benzene rings is 4. The Bertz CT molecular complexity index is 1720. The number of ether oxygens (including phenoxy) is 1. The van der Waals surface area contributed by atoms with E-state index < -0.39 is 35.1 Å². The number of rotatable bonds is 11. The lowest BCUT2D eigenvalue weighted by atomic mass is 10.1. The molecule has 0 atom stereocenters. The lowest BCUT2D eigenvalue weighted by molar-refractivity contribution is -0.137. The predicted molar refractivity (Wildman–Crippen MR) is 170 cm³/mol. The molecule has 0 saturated heterocycles. The van der Waals surface area contributed by atoms with E-state index in [4.69, 9.17) is 16.3 Å². The SMILES string of the molecule is CCOc1ccccc1/C=C(/NC(=O)c1ccccc1)C(=O)Nc1cccc(SCC(=O)Nc2ccc(Cl)cc2C(F)(F)F)c1. The Morgan fingerprint density at radius 2 is 1.62 bits per heavy atom. The molecule has 0 aliphatic heterocycles. The van der Waals surface area contributed by atoms with Gasteiger partial charge in [-0.05, 0) is 67.6 Å². The largest absolute Gasteiger partial charge is 0.493 e. The molecule has 3 N–H and O–H groups in total. The van der Waals surface area contributed by atoms with Crippen LogP contribution in [0.25, 0.3) is 6.08 Å². The van der Waals surface area contributed by atoms with E-state index in [-0.39, 0.29) is 16.5 Å². The summed E-state index contributed by atoms with van der Waals surface area (Å²) in [5.74, 6) is -1.45. The predicted octanol–water partition coefficient (Wildman–Crippen LogP) is 7.90. The van der Waals surface area contributed by atoms with Gasteiger partial charge in [0.05, 0.1) is 23.6 Å². The van der Waals surface area contributed by atoms with Gasteiger partial charge in [0.25, 0.3) is 11.8 Å². The van der Waals surface area contributed by atoms with Gasteiger partial charge in [0.15, 0.2) is 0 Å². The van der Waals surface area contributed by atoms with E-state index in [9.17, 15) is 27.6 Å². The summed E-state index contributed by atoms with van der Waals surface area (Å²) in [5.41, 5.74) is -0.210. The van der Waals surface area contributed by atoms with E-state index in [1.165, 1.54) is 12.1 Å². The number of amides is 3. The van der Waals surface area contributed by atoms with Crippen molar-refractivity contribution in [3.8, 4) is 5.75 Å². The van der Waals surface area contributed by atoms with Crippen molar-refractivity contribution < 1.29 is 32.3 Å². The number of alkyl halides is 3. The Labute approximate surface area is 266 Å². The molecular formula is C33H27ClF3N3O4S. The highest BCUT2D eigenvalue weighted by Crippen LogP contribution is 2.36. The Morgan fingerprint density at radius 1 is 0.889 bits per heavy atom.